The van der Waals surface area contributed by atoms with E-state index in [1.54, 1.807) is 12.1 Å². The lowest BCUT2D eigenvalue weighted by Gasteiger charge is -2.27. The van der Waals surface area contributed by atoms with Gasteiger partial charge in [-0.2, -0.15) is 0 Å². The molecule has 0 unspecified atom stereocenters. The van der Waals surface area contributed by atoms with Crippen LogP contribution in [0.15, 0.2) is 24.4 Å². The fraction of sp³-hybridized carbons (Fsp3) is 0.214. The largest absolute Gasteiger partial charge is 0.349 e. The number of anilines is 1. The predicted octanol–water partition coefficient (Wildman–Crippen LogP) is 1.44. The van der Waals surface area contributed by atoms with Gasteiger partial charge in [-0.05, 0) is 18.2 Å². The van der Waals surface area contributed by atoms with E-state index in [4.69, 9.17) is 0 Å². The molecular formula is C14H13N3O3. The second-order valence-corrected chi connectivity index (χ2v) is 4.78. The van der Waals surface area contributed by atoms with Crippen molar-refractivity contribution >= 4 is 34.8 Å². The summed E-state index contributed by atoms with van der Waals surface area (Å²) in [6.45, 7) is 0.313. The molecule has 102 valence electrons. The van der Waals surface area contributed by atoms with Gasteiger partial charge in [0.2, 0.25) is 5.91 Å². The van der Waals surface area contributed by atoms with Gasteiger partial charge < -0.3 is 4.57 Å². The third-order valence-electron chi connectivity index (χ3n) is 3.45. The van der Waals surface area contributed by atoms with E-state index in [2.05, 4.69) is 5.32 Å². The summed E-state index contributed by atoms with van der Waals surface area (Å²) in [4.78, 5) is 35.8. The number of nitrogens with zero attached hydrogens (tertiary/aromatic N) is 2. The van der Waals surface area contributed by atoms with Crippen LogP contribution in [0.1, 0.15) is 16.8 Å². The zero-order chi connectivity index (χ0) is 14.3. The molecule has 2 heterocycles. The maximum atomic E-state index is 12.0. The molecule has 1 aliphatic rings. The van der Waals surface area contributed by atoms with Crippen molar-refractivity contribution in [2.75, 3.05) is 11.4 Å². The van der Waals surface area contributed by atoms with Crippen LogP contribution < -0.4 is 10.2 Å². The van der Waals surface area contributed by atoms with Gasteiger partial charge in [-0.15, -0.1) is 0 Å². The van der Waals surface area contributed by atoms with Gasteiger partial charge in [-0.1, -0.05) is 0 Å². The summed E-state index contributed by atoms with van der Waals surface area (Å²) in [6, 6.07) is 4.88. The van der Waals surface area contributed by atoms with Crippen LogP contribution in [0, 0.1) is 0 Å². The highest BCUT2D eigenvalue weighted by molar-refractivity contribution is 6.10. The van der Waals surface area contributed by atoms with Gasteiger partial charge in [-0.25, -0.2) is 4.79 Å². The number of fused-ring (bicyclic) bond motifs is 1. The van der Waals surface area contributed by atoms with Crippen LogP contribution >= 0.6 is 0 Å². The molecule has 1 fully saturated rings. The van der Waals surface area contributed by atoms with E-state index in [-0.39, 0.29) is 12.3 Å². The van der Waals surface area contributed by atoms with Gasteiger partial charge in [0, 0.05) is 37.2 Å². The Morgan fingerprint density at radius 3 is 2.80 bits per heavy atom. The molecule has 0 aliphatic carbocycles. The quantitative estimate of drug-likeness (QED) is 0.840. The highest BCUT2D eigenvalue weighted by Crippen LogP contribution is 2.30. The molecule has 1 aromatic heterocycles. The SMILES string of the molecule is Cn1ccc2cc(C=O)cc(N3CCC(=O)NC3=O)c21. The van der Waals surface area contributed by atoms with Crippen LogP contribution in [0.3, 0.4) is 0 Å². The average Bonchev–Trinajstić information content (AvgIpc) is 2.80. The van der Waals surface area contributed by atoms with E-state index in [9.17, 15) is 14.4 Å². The predicted molar refractivity (Wildman–Crippen MR) is 73.8 cm³/mol. The topological polar surface area (TPSA) is 71.4 Å². The van der Waals surface area contributed by atoms with E-state index >= 15 is 0 Å². The fourth-order valence-corrected chi connectivity index (χ4v) is 2.51. The van der Waals surface area contributed by atoms with Crippen LogP contribution in [-0.2, 0) is 11.8 Å². The first-order valence-corrected chi connectivity index (χ1v) is 6.26. The molecule has 1 aromatic carbocycles. The zero-order valence-corrected chi connectivity index (χ0v) is 10.9. The van der Waals surface area contributed by atoms with E-state index in [0.29, 0.717) is 17.8 Å². The Balaban J connectivity index is 2.18. The van der Waals surface area contributed by atoms with E-state index in [1.165, 1.54) is 4.90 Å². The van der Waals surface area contributed by atoms with Crippen LogP contribution in [-0.4, -0.2) is 29.3 Å². The Labute approximate surface area is 115 Å². The maximum Gasteiger partial charge on any atom is 0.328 e. The lowest BCUT2D eigenvalue weighted by Crippen LogP contribution is -2.49. The highest BCUT2D eigenvalue weighted by Gasteiger charge is 2.26. The molecule has 1 aliphatic heterocycles. The summed E-state index contributed by atoms with van der Waals surface area (Å²) in [7, 11) is 1.87. The second kappa shape index (κ2) is 4.48. The lowest BCUT2D eigenvalue weighted by molar-refractivity contribution is -0.120. The fourth-order valence-electron chi connectivity index (χ4n) is 2.51. The molecule has 1 N–H and O–H groups in total. The van der Waals surface area contributed by atoms with Crippen molar-refractivity contribution in [3.8, 4) is 0 Å². The second-order valence-electron chi connectivity index (χ2n) is 4.78. The van der Waals surface area contributed by atoms with Gasteiger partial charge >= 0.3 is 6.03 Å². The number of imide groups is 1. The molecule has 0 atom stereocenters. The summed E-state index contributed by atoms with van der Waals surface area (Å²) in [6.07, 6.45) is 2.88. The first kappa shape index (κ1) is 12.4. The summed E-state index contributed by atoms with van der Waals surface area (Å²) < 4.78 is 1.89. The number of aromatic nitrogens is 1. The number of urea groups is 1. The molecule has 3 amide bonds. The van der Waals surface area contributed by atoms with E-state index < -0.39 is 6.03 Å². The first-order valence-electron chi connectivity index (χ1n) is 6.26. The Morgan fingerprint density at radius 2 is 2.10 bits per heavy atom. The molecule has 6 nitrogen and oxygen atoms in total. The molecule has 20 heavy (non-hydrogen) atoms. The van der Waals surface area contributed by atoms with Crippen LogP contribution in [0.2, 0.25) is 0 Å². The van der Waals surface area contributed by atoms with Crippen molar-refractivity contribution in [3.63, 3.8) is 0 Å². The minimum absolute atomic E-state index is 0.253. The normalized spacial score (nSPS) is 15.6. The van der Waals surface area contributed by atoms with E-state index in [1.807, 2.05) is 23.9 Å². The summed E-state index contributed by atoms with van der Waals surface area (Å²) >= 11 is 0. The number of rotatable bonds is 2. The van der Waals surface area contributed by atoms with Crippen molar-refractivity contribution < 1.29 is 14.4 Å². The molecule has 0 saturated carbocycles. The Hall–Kier alpha value is -2.63. The van der Waals surface area contributed by atoms with Crippen molar-refractivity contribution in [3.05, 3.63) is 30.0 Å². The number of carbonyl (C=O) groups excluding carboxylic acids is 3. The van der Waals surface area contributed by atoms with Crippen molar-refractivity contribution in [2.45, 2.75) is 6.42 Å². The lowest BCUT2D eigenvalue weighted by atomic mass is 10.1. The number of carbonyl (C=O) groups is 3. The van der Waals surface area contributed by atoms with Gasteiger partial charge in [0.25, 0.3) is 0 Å². The van der Waals surface area contributed by atoms with Gasteiger partial charge in [0.05, 0.1) is 11.2 Å². The van der Waals surface area contributed by atoms with Crippen molar-refractivity contribution in [1.29, 1.82) is 0 Å². The average molecular weight is 271 g/mol. The summed E-state index contributed by atoms with van der Waals surface area (Å²) in [5.41, 5.74) is 2.01. The number of nitrogens with one attached hydrogen (secondary N) is 1. The molecular weight excluding hydrogens is 258 g/mol. The molecule has 2 aromatic rings. The number of aldehydes is 1. The zero-order valence-electron chi connectivity index (χ0n) is 10.9. The van der Waals surface area contributed by atoms with E-state index in [0.717, 1.165) is 17.2 Å². The van der Waals surface area contributed by atoms with Crippen molar-refractivity contribution in [2.24, 2.45) is 7.05 Å². The maximum absolute atomic E-state index is 12.0. The molecule has 3 rings (SSSR count). The number of hydrogen-bond donors (Lipinski definition) is 1. The monoisotopic (exact) mass is 271 g/mol. The van der Waals surface area contributed by atoms with Gasteiger partial charge in [0.15, 0.2) is 0 Å². The van der Waals surface area contributed by atoms with Crippen LogP contribution in [0.5, 0.6) is 0 Å². The Morgan fingerprint density at radius 1 is 1.30 bits per heavy atom. The van der Waals surface area contributed by atoms with Crippen LogP contribution in [0.25, 0.3) is 10.9 Å². The minimum Gasteiger partial charge on any atom is -0.349 e. The number of amides is 3. The molecule has 0 radical (unpaired) electrons. The standard InChI is InChI=1S/C14H13N3O3/c1-16-4-2-10-6-9(8-18)7-11(13(10)16)17-5-3-12(19)15-14(17)20/h2,4,6-8H,3,5H2,1H3,(H,15,19,20). The third kappa shape index (κ3) is 1.85. The molecule has 0 spiro atoms. The number of hydrogen-bond acceptors (Lipinski definition) is 3. The van der Waals surface area contributed by atoms with Gasteiger partial charge in [0.1, 0.15) is 6.29 Å². The summed E-state index contributed by atoms with van der Waals surface area (Å²) in [5, 5.41) is 3.18. The van der Waals surface area contributed by atoms with Crippen LogP contribution in [0.4, 0.5) is 10.5 Å². The van der Waals surface area contributed by atoms with Gasteiger partial charge in [-0.3, -0.25) is 19.8 Å². The molecule has 6 heteroatoms. The minimum atomic E-state index is -0.452. The number of benzene rings is 1. The molecule has 0 bridgehead atoms. The highest BCUT2D eigenvalue weighted by atomic mass is 16.2. The smallest absolute Gasteiger partial charge is 0.328 e. The Kier molecular flexibility index (Phi) is 2.78. The number of aryl methyl sites for hydroxylation is 1. The van der Waals surface area contributed by atoms with Crippen molar-refractivity contribution in [1.82, 2.24) is 9.88 Å². The molecule has 1 saturated heterocycles. The summed E-state index contributed by atoms with van der Waals surface area (Å²) in [5.74, 6) is -0.277. The third-order valence-corrected chi connectivity index (χ3v) is 3.45. The Bertz CT molecular complexity index is 733. The first-order chi connectivity index (χ1) is 9.60.